The Balaban J connectivity index is 2.87. The van der Waals surface area contributed by atoms with E-state index in [0.717, 1.165) is 17.7 Å². The number of rotatable bonds is 4. The quantitative estimate of drug-likeness (QED) is 0.802. The monoisotopic (exact) mass is 229 g/mol. The normalized spacial score (nSPS) is 10.8. The molecule has 0 radical (unpaired) electrons. The van der Waals surface area contributed by atoms with Gasteiger partial charge in [0.05, 0.1) is 12.1 Å². The molecular formula is C10H12ClNOS. The standard InChI is InChI=1S/C10H12ClNOS/c1-13-10-8(4-2-3-5-14)6-9(11)7-12-10/h2,4,6-7,14H,3,5H2,1H3. The minimum absolute atomic E-state index is 0.588. The molecule has 0 atom stereocenters. The Morgan fingerprint density at radius 3 is 3.07 bits per heavy atom. The number of nitrogens with zero attached hydrogens (tertiary/aromatic N) is 1. The second-order valence-electron chi connectivity index (χ2n) is 2.67. The largest absolute Gasteiger partial charge is 0.481 e. The van der Waals surface area contributed by atoms with Crippen LogP contribution in [-0.2, 0) is 0 Å². The van der Waals surface area contributed by atoms with E-state index in [-0.39, 0.29) is 0 Å². The molecule has 4 heteroatoms. The van der Waals surface area contributed by atoms with Gasteiger partial charge in [-0.15, -0.1) is 0 Å². The Kier molecular flexibility index (Phi) is 4.84. The number of halogens is 1. The summed E-state index contributed by atoms with van der Waals surface area (Å²) in [5, 5.41) is 0.608. The fraction of sp³-hybridized carbons (Fsp3) is 0.300. The number of allylic oxidation sites excluding steroid dienone is 1. The van der Waals surface area contributed by atoms with Crippen LogP contribution in [-0.4, -0.2) is 17.8 Å². The molecule has 0 amide bonds. The van der Waals surface area contributed by atoms with Crippen molar-refractivity contribution in [2.75, 3.05) is 12.9 Å². The van der Waals surface area contributed by atoms with Crippen molar-refractivity contribution in [3.8, 4) is 5.88 Å². The van der Waals surface area contributed by atoms with Crippen LogP contribution < -0.4 is 4.74 Å². The predicted octanol–water partition coefficient (Wildman–Crippen LogP) is 3.08. The lowest BCUT2D eigenvalue weighted by Crippen LogP contribution is -1.90. The van der Waals surface area contributed by atoms with Gasteiger partial charge in [-0.3, -0.25) is 0 Å². The van der Waals surface area contributed by atoms with Gasteiger partial charge in [0.25, 0.3) is 0 Å². The third-order valence-corrected chi connectivity index (χ3v) is 2.10. The molecule has 0 aliphatic heterocycles. The van der Waals surface area contributed by atoms with Crippen LogP contribution in [0.15, 0.2) is 18.3 Å². The van der Waals surface area contributed by atoms with Crippen molar-refractivity contribution in [3.05, 3.63) is 28.9 Å². The summed E-state index contributed by atoms with van der Waals surface area (Å²) < 4.78 is 5.09. The molecule has 76 valence electrons. The second-order valence-corrected chi connectivity index (χ2v) is 3.55. The first kappa shape index (κ1) is 11.4. The number of aromatic nitrogens is 1. The number of pyridine rings is 1. The lowest BCUT2D eigenvalue weighted by molar-refractivity contribution is 0.397. The Morgan fingerprint density at radius 1 is 1.64 bits per heavy atom. The van der Waals surface area contributed by atoms with Crippen molar-refractivity contribution in [2.24, 2.45) is 0 Å². The van der Waals surface area contributed by atoms with Crippen LogP contribution in [0.1, 0.15) is 12.0 Å². The van der Waals surface area contributed by atoms with Crippen LogP contribution in [0.2, 0.25) is 5.02 Å². The molecule has 0 aliphatic carbocycles. The zero-order chi connectivity index (χ0) is 10.4. The first-order chi connectivity index (χ1) is 6.77. The van der Waals surface area contributed by atoms with Crippen molar-refractivity contribution >= 4 is 30.3 Å². The van der Waals surface area contributed by atoms with Crippen molar-refractivity contribution in [2.45, 2.75) is 6.42 Å². The third-order valence-electron chi connectivity index (χ3n) is 1.63. The minimum atomic E-state index is 0.588. The average Bonchev–Trinajstić information content (AvgIpc) is 2.19. The van der Waals surface area contributed by atoms with Gasteiger partial charge in [0, 0.05) is 11.8 Å². The summed E-state index contributed by atoms with van der Waals surface area (Å²) in [5.74, 6) is 1.41. The zero-order valence-corrected chi connectivity index (χ0v) is 9.55. The molecule has 0 spiro atoms. The van der Waals surface area contributed by atoms with Gasteiger partial charge in [-0.2, -0.15) is 12.6 Å². The molecule has 1 aromatic heterocycles. The number of hydrogen-bond donors (Lipinski definition) is 1. The fourth-order valence-electron chi connectivity index (χ4n) is 1.02. The topological polar surface area (TPSA) is 22.1 Å². The molecular weight excluding hydrogens is 218 g/mol. The highest BCUT2D eigenvalue weighted by Gasteiger charge is 2.01. The number of ether oxygens (including phenoxy) is 1. The highest BCUT2D eigenvalue weighted by molar-refractivity contribution is 7.80. The third kappa shape index (κ3) is 3.24. The predicted molar refractivity (Wildman–Crippen MR) is 63.3 cm³/mol. The molecule has 0 aliphatic rings. The molecule has 0 aromatic carbocycles. The second kappa shape index (κ2) is 5.94. The maximum absolute atomic E-state index is 5.82. The van der Waals surface area contributed by atoms with E-state index in [0.29, 0.717) is 10.9 Å². The van der Waals surface area contributed by atoms with Crippen molar-refractivity contribution in [1.29, 1.82) is 0 Å². The number of thiol groups is 1. The molecule has 0 N–H and O–H groups in total. The summed E-state index contributed by atoms with van der Waals surface area (Å²) in [6.45, 7) is 0. The number of hydrogen-bond acceptors (Lipinski definition) is 3. The van der Waals surface area contributed by atoms with E-state index >= 15 is 0 Å². The van der Waals surface area contributed by atoms with Gasteiger partial charge in [0.1, 0.15) is 0 Å². The Labute approximate surface area is 94.4 Å². The molecule has 1 aromatic rings. The van der Waals surface area contributed by atoms with E-state index in [4.69, 9.17) is 16.3 Å². The highest BCUT2D eigenvalue weighted by atomic mass is 35.5. The molecule has 0 fully saturated rings. The highest BCUT2D eigenvalue weighted by Crippen LogP contribution is 2.20. The van der Waals surface area contributed by atoms with Crippen LogP contribution in [0.3, 0.4) is 0 Å². The first-order valence-electron chi connectivity index (χ1n) is 4.25. The Hall–Kier alpha value is -0.670. The molecule has 0 unspecified atom stereocenters. The molecule has 0 bridgehead atoms. The van der Waals surface area contributed by atoms with Crippen LogP contribution in [0.4, 0.5) is 0 Å². The van der Waals surface area contributed by atoms with Crippen LogP contribution in [0.25, 0.3) is 6.08 Å². The molecule has 2 nitrogen and oxygen atoms in total. The minimum Gasteiger partial charge on any atom is -0.481 e. The van der Waals surface area contributed by atoms with Gasteiger partial charge in [-0.1, -0.05) is 23.8 Å². The summed E-state index contributed by atoms with van der Waals surface area (Å²) in [4.78, 5) is 4.05. The molecule has 0 saturated heterocycles. The Morgan fingerprint density at radius 2 is 2.43 bits per heavy atom. The lowest BCUT2D eigenvalue weighted by atomic mass is 10.2. The SMILES string of the molecule is COc1ncc(Cl)cc1C=CCCS. The fourth-order valence-corrected chi connectivity index (χ4v) is 1.33. The van der Waals surface area contributed by atoms with Crippen molar-refractivity contribution in [3.63, 3.8) is 0 Å². The van der Waals surface area contributed by atoms with Gasteiger partial charge < -0.3 is 4.74 Å². The van der Waals surface area contributed by atoms with E-state index in [9.17, 15) is 0 Å². The Bertz CT molecular complexity index is 328. The van der Waals surface area contributed by atoms with Crippen LogP contribution in [0, 0.1) is 0 Å². The summed E-state index contributed by atoms with van der Waals surface area (Å²) in [6.07, 6.45) is 6.44. The summed E-state index contributed by atoms with van der Waals surface area (Å²) >= 11 is 9.93. The summed E-state index contributed by atoms with van der Waals surface area (Å²) in [7, 11) is 1.59. The van der Waals surface area contributed by atoms with Crippen molar-refractivity contribution in [1.82, 2.24) is 4.98 Å². The van der Waals surface area contributed by atoms with Gasteiger partial charge >= 0.3 is 0 Å². The van der Waals surface area contributed by atoms with E-state index < -0.39 is 0 Å². The van der Waals surface area contributed by atoms with Gasteiger partial charge in [-0.25, -0.2) is 4.98 Å². The van der Waals surface area contributed by atoms with Gasteiger partial charge in [-0.05, 0) is 18.2 Å². The van der Waals surface area contributed by atoms with Crippen LogP contribution in [0.5, 0.6) is 5.88 Å². The summed E-state index contributed by atoms with van der Waals surface area (Å²) in [5.41, 5.74) is 0.891. The average molecular weight is 230 g/mol. The smallest absolute Gasteiger partial charge is 0.220 e. The number of methoxy groups -OCH3 is 1. The van der Waals surface area contributed by atoms with Crippen LogP contribution >= 0.6 is 24.2 Å². The van der Waals surface area contributed by atoms with E-state index in [1.165, 1.54) is 0 Å². The maximum atomic E-state index is 5.82. The molecule has 0 saturated carbocycles. The van der Waals surface area contributed by atoms with Crippen molar-refractivity contribution < 1.29 is 4.74 Å². The van der Waals surface area contributed by atoms with E-state index in [1.54, 1.807) is 13.3 Å². The molecule has 1 heterocycles. The van der Waals surface area contributed by atoms with E-state index in [1.807, 2.05) is 18.2 Å². The zero-order valence-electron chi connectivity index (χ0n) is 7.90. The maximum Gasteiger partial charge on any atom is 0.220 e. The van der Waals surface area contributed by atoms with Gasteiger partial charge in [0.15, 0.2) is 0 Å². The summed E-state index contributed by atoms with van der Waals surface area (Å²) in [6, 6.07) is 1.82. The molecule has 14 heavy (non-hydrogen) atoms. The van der Waals surface area contributed by atoms with E-state index in [2.05, 4.69) is 17.6 Å². The first-order valence-corrected chi connectivity index (χ1v) is 5.26. The lowest BCUT2D eigenvalue weighted by Gasteiger charge is -2.02. The van der Waals surface area contributed by atoms with Gasteiger partial charge in [0.2, 0.25) is 5.88 Å². The molecule has 1 rings (SSSR count).